The van der Waals surface area contributed by atoms with E-state index in [1.54, 1.807) is 0 Å². The van der Waals surface area contributed by atoms with Crippen molar-refractivity contribution in [2.75, 3.05) is 52.9 Å². The molecule has 0 atom stereocenters. The van der Waals surface area contributed by atoms with Gasteiger partial charge in [0.2, 0.25) is 0 Å². The molecule has 0 amide bonds. The van der Waals surface area contributed by atoms with Crippen LogP contribution in [-0.2, 0) is 9.47 Å². The van der Waals surface area contributed by atoms with Crippen molar-refractivity contribution in [3.63, 3.8) is 0 Å². The van der Waals surface area contributed by atoms with E-state index in [9.17, 15) is 10.4 Å². The smallest absolute Gasteiger partial charge is 0.161 e. The first-order valence-electron chi connectivity index (χ1n) is 14.1. The summed E-state index contributed by atoms with van der Waals surface area (Å²) in [5.41, 5.74) is 2.78. The Balaban J connectivity index is 1.66. The monoisotopic (exact) mass is 558 g/mol. The second-order valence-electron chi connectivity index (χ2n) is 9.24. The van der Waals surface area contributed by atoms with Gasteiger partial charge in [0, 0.05) is 11.1 Å². The number of rotatable bonds is 8. The van der Waals surface area contributed by atoms with Crippen LogP contribution in [0.25, 0.3) is 0 Å². The molecule has 2 aromatic carbocycles. The molecule has 40 heavy (non-hydrogen) atoms. The van der Waals surface area contributed by atoms with Gasteiger partial charge in [0.25, 0.3) is 0 Å². The fourth-order valence-electron chi connectivity index (χ4n) is 4.08. The first-order valence-corrected chi connectivity index (χ1v) is 14.1. The van der Waals surface area contributed by atoms with Crippen LogP contribution in [0.2, 0.25) is 0 Å². The number of unbranched alkanes of at least 4 members (excludes halogenated alkanes) is 2. The number of hydrogen-bond donors (Lipinski definition) is 2. The molecule has 0 saturated carbocycles. The maximum Gasteiger partial charge on any atom is 0.161 e. The summed E-state index contributed by atoms with van der Waals surface area (Å²) in [6, 6.07) is 11.0. The van der Waals surface area contributed by atoms with Gasteiger partial charge in [0.15, 0.2) is 23.0 Å². The third-order valence-electron chi connectivity index (χ3n) is 6.27. The Morgan fingerprint density at radius 2 is 0.950 bits per heavy atom. The average Bonchev–Trinajstić information content (AvgIpc) is 2.98. The number of hydrogen-bond acceptors (Lipinski definition) is 10. The summed E-state index contributed by atoms with van der Waals surface area (Å²) in [6.07, 6.45) is 5.18. The van der Waals surface area contributed by atoms with E-state index < -0.39 is 0 Å². The van der Waals surface area contributed by atoms with Crippen molar-refractivity contribution in [1.29, 1.82) is 0 Å². The molecule has 0 unspecified atom stereocenters. The highest BCUT2D eigenvalue weighted by Crippen LogP contribution is 2.31. The van der Waals surface area contributed by atoms with Crippen molar-refractivity contribution < 1.29 is 38.8 Å². The lowest BCUT2D eigenvalue weighted by Crippen LogP contribution is -2.16. The number of benzene rings is 2. The number of nitrogens with zero attached hydrogens (tertiary/aromatic N) is 2. The molecular weight excluding hydrogens is 516 g/mol. The summed E-state index contributed by atoms with van der Waals surface area (Å²) >= 11 is 0. The largest absolute Gasteiger partial charge is 0.487 e. The molecule has 0 spiro atoms. The topological polar surface area (TPSA) is 121 Å². The molecule has 220 valence electrons. The molecule has 0 bridgehead atoms. The van der Waals surface area contributed by atoms with E-state index in [-0.39, 0.29) is 0 Å². The Morgan fingerprint density at radius 1 is 0.575 bits per heavy atom. The van der Waals surface area contributed by atoms with Crippen LogP contribution in [0.4, 0.5) is 0 Å². The standard InChI is InChI=1S/C30H42N2O8/c1-3-5-7-25(31-33)23-9-11-27-29(21-23)39-19-15-36-16-20-40-30-22-24(26(32-34)8-6-4-2)10-12-28(30)38-18-14-35-13-17-37-27/h9-12,21-22,33-34H,3-8,13-20H2,1-2H3/b31-25+,32-26+. The zero-order valence-corrected chi connectivity index (χ0v) is 23.6. The maximum absolute atomic E-state index is 9.50. The lowest BCUT2D eigenvalue weighted by atomic mass is 10.0. The minimum absolute atomic E-state index is 0.300. The third-order valence-corrected chi connectivity index (χ3v) is 6.27. The summed E-state index contributed by atoms with van der Waals surface area (Å²) in [5.74, 6) is 2.25. The SMILES string of the molecule is CCCC/C(=N\O)c1ccc2c(c1)OCCOCCOc1cc(/C(CCCC)=N/O)ccc1OCCOCCO2. The van der Waals surface area contributed by atoms with Crippen molar-refractivity contribution in [3.8, 4) is 23.0 Å². The third kappa shape index (κ3) is 9.91. The van der Waals surface area contributed by atoms with E-state index in [1.807, 2.05) is 36.4 Å². The van der Waals surface area contributed by atoms with Crippen LogP contribution in [0.1, 0.15) is 63.5 Å². The van der Waals surface area contributed by atoms with E-state index in [0.29, 0.717) is 100 Å². The Labute approximate surface area is 236 Å². The molecule has 0 fully saturated rings. The van der Waals surface area contributed by atoms with Crippen molar-refractivity contribution in [2.45, 2.75) is 52.4 Å². The van der Waals surface area contributed by atoms with Gasteiger partial charge in [-0.25, -0.2) is 0 Å². The van der Waals surface area contributed by atoms with Gasteiger partial charge in [0.05, 0.1) is 37.9 Å². The van der Waals surface area contributed by atoms with Crippen LogP contribution in [0, 0.1) is 0 Å². The minimum Gasteiger partial charge on any atom is -0.487 e. The van der Waals surface area contributed by atoms with Crippen LogP contribution >= 0.6 is 0 Å². The van der Waals surface area contributed by atoms with Crippen LogP contribution in [0.15, 0.2) is 46.7 Å². The zero-order chi connectivity index (χ0) is 28.4. The van der Waals surface area contributed by atoms with E-state index in [4.69, 9.17) is 28.4 Å². The van der Waals surface area contributed by atoms with Crippen molar-refractivity contribution >= 4 is 11.4 Å². The molecule has 0 saturated heterocycles. The second-order valence-corrected chi connectivity index (χ2v) is 9.24. The summed E-state index contributed by atoms with van der Waals surface area (Å²) < 4.78 is 35.3. The second kappa shape index (κ2) is 18.0. The van der Waals surface area contributed by atoms with E-state index in [2.05, 4.69) is 24.2 Å². The fraction of sp³-hybridized carbons (Fsp3) is 0.533. The highest BCUT2D eigenvalue weighted by atomic mass is 16.6. The van der Waals surface area contributed by atoms with Gasteiger partial charge in [-0.3, -0.25) is 0 Å². The van der Waals surface area contributed by atoms with E-state index in [1.165, 1.54) is 0 Å². The maximum atomic E-state index is 9.50. The van der Waals surface area contributed by atoms with Gasteiger partial charge < -0.3 is 38.8 Å². The van der Waals surface area contributed by atoms with E-state index >= 15 is 0 Å². The Kier molecular flexibility index (Phi) is 13.9. The first-order chi connectivity index (χ1) is 19.7. The summed E-state index contributed by atoms with van der Waals surface area (Å²) in [6.45, 7) is 6.85. The number of oxime groups is 2. The van der Waals surface area contributed by atoms with Crippen LogP contribution in [0.5, 0.6) is 23.0 Å². The lowest BCUT2D eigenvalue weighted by molar-refractivity contribution is 0.0640. The van der Waals surface area contributed by atoms with Gasteiger partial charge in [0.1, 0.15) is 26.4 Å². The molecule has 2 aromatic rings. The van der Waals surface area contributed by atoms with Gasteiger partial charge >= 0.3 is 0 Å². The number of fused-ring (bicyclic) bond motifs is 2. The zero-order valence-electron chi connectivity index (χ0n) is 23.6. The highest BCUT2D eigenvalue weighted by Gasteiger charge is 2.14. The predicted molar refractivity (Wildman–Crippen MR) is 152 cm³/mol. The molecule has 2 N–H and O–H groups in total. The van der Waals surface area contributed by atoms with Gasteiger partial charge in [-0.05, 0) is 62.1 Å². The van der Waals surface area contributed by atoms with Gasteiger partial charge in [-0.2, -0.15) is 0 Å². The van der Waals surface area contributed by atoms with Crippen LogP contribution in [0.3, 0.4) is 0 Å². The fourth-order valence-corrected chi connectivity index (χ4v) is 4.08. The van der Waals surface area contributed by atoms with Crippen molar-refractivity contribution in [2.24, 2.45) is 10.3 Å². The van der Waals surface area contributed by atoms with Crippen molar-refractivity contribution in [1.82, 2.24) is 0 Å². The van der Waals surface area contributed by atoms with Crippen LogP contribution in [-0.4, -0.2) is 74.7 Å². The quantitative estimate of drug-likeness (QED) is 0.241. The normalized spacial score (nSPS) is 16.1. The molecule has 0 radical (unpaired) electrons. The Morgan fingerprint density at radius 3 is 1.30 bits per heavy atom. The molecule has 10 nitrogen and oxygen atoms in total. The van der Waals surface area contributed by atoms with Gasteiger partial charge in [-0.1, -0.05) is 37.0 Å². The Bertz CT molecular complexity index is 1010. The van der Waals surface area contributed by atoms with Crippen molar-refractivity contribution in [3.05, 3.63) is 47.5 Å². The predicted octanol–water partition coefficient (Wildman–Crippen LogP) is 5.69. The van der Waals surface area contributed by atoms with E-state index in [0.717, 1.165) is 36.8 Å². The molecule has 0 aromatic heterocycles. The summed E-state index contributed by atoms with van der Waals surface area (Å²) in [5, 5.41) is 26.0. The molecule has 1 heterocycles. The van der Waals surface area contributed by atoms with Crippen LogP contribution < -0.4 is 18.9 Å². The minimum atomic E-state index is 0.300. The number of ether oxygens (including phenoxy) is 6. The van der Waals surface area contributed by atoms with Gasteiger partial charge in [-0.15, -0.1) is 0 Å². The molecule has 3 rings (SSSR count). The Hall–Kier alpha value is -3.50. The summed E-state index contributed by atoms with van der Waals surface area (Å²) in [4.78, 5) is 0. The molecular formula is C30H42N2O8. The highest BCUT2D eigenvalue weighted by molar-refractivity contribution is 6.01. The average molecular weight is 559 g/mol. The summed E-state index contributed by atoms with van der Waals surface area (Å²) in [7, 11) is 0. The molecule has 1 aliphatic heterocycles. The molecule has 1 aliphatic rings. The molecule has 0 aliphatic carbocycles. The lowest BCUT2D eigenvalue weighted by Gasteiger charge is -2.17. The first kappa shape index (κ1) is 31.0. The molecule has 10 heteroatoms.